The SMILES string of the molecule is Cc1ccc(Cl)c2c1NC(=O)C(CCC(=O)O)C2. The first kappa shape index (κ1) is 12.9. The predicted octanol–water partition coefficient (Wildman–Crippen LogP) is 2.62. The average Bonchev–Trinajstić information content (AvgIpc) is 2.32. The van der Waals surface area contributed by atoms with E-state index in [4.69, 9.17) is 16.7 Å². The number of amides is 1. The number of carbonyl (C=O) groups is 2. The number of carboxylic acid groups (broad SMARTS) is 1. The molecule has 0 saturated heterocycles. The lowest BCUT2D eigenvalue weighted by Crippen LogP contribution is -2.31. The van der Waals surface area contributed by atoms with Crippen molar-refractivity contribution in [1.82, 2.24) is 0 Å². The largest absolute Gasteiger partial charge is 0.481 e. The van der Waals surface area contributed by atoms with Gasteiger partial charge in [-0.15, -0.1) is 0 Å². The molecule has 5 heteroatoms. The normalized spacial score (nSPS) is 18.1. The third-order valence-corrected chi connectivity index (χ3v) is 3.59. The Morgan fingerprint density at radius 1 is 1.56 bits per heavy atom. The van der Waals surface area contributed by atoms with Crippen LogP contribution in [0.15, 0.2) is 12.1 Å². The third kappa shape index (κ3) is 2.48. The molecule has 0 saturated carbocycles. The fourth-order valence-corrected chi connectivity index (χ4v) is 2.44. The monoisotopic (exact) mass is 267 g/mol. The van der Waals surface area contributed by atoms with Crippen LogP contribution in [0.2, 0.25) is 5.02 Å². The second kappa shape index (κ2) is 4.98. The molecule has 1 amide bonds. The molecule has 18 heavy (non-hydrogen) atoms. The first-order valence-electron chi connectivity index (χ1n) is 5.79. The van der Waals surface area contributed by atoms with Crippen LogP contribution in [0, 0.1) is 12.8 Å². The molecule has 1 aliphatic rings. The molecule has 4 nitrogen and oxygen atoms in total. The maximum absolute atomic E-state index is 11.9. The van der Waals surface area contributed by atoms with Gasteiger partial charge in [-0.1, -0.05) is 17.7 Å². The van der Waals surface area contributed by atoms with E-state index in [2.05, 4.69) is 5.32 Å². The zero-order valence-electron chi connectivity index (χ0n) is 10.00. The number of carbonyl (C=O) groups excluding carboxylic acids is 1. The van der Waals surface area contributed by atoms with E-state index < -0.39 is 5.97 Å². The van der Waals surface area contributed by atoms with Crippen molar-refractivity contribution in [3.63, 3.8) is 0 Å². The highest BCUT2D eigenvalue weighted by molar-refractivity contribution is 6.32. The number of benzene rings is 1. The van der Waals surface area contributed by atoms with E-state index in [1.807, 2.05) is 13.0 Å². The smallest absolute Gasteiger partial charge is 0.303 e. The Labute approximate surface area is 110 Å². The Morgan fingerprint density at radius 3 is 2.94 bits per heavy atom. The summed E-state index contributed by atoms with van der Waals surface area (Å²) in [6.07, 6.45) is 0.844. The maximum atomic E-state index is 11.9. The molecule has 0 radical (unpaired) electrons. The fourth-order valence-electron chi connectivity index (χ4n) is 2.21. The van der Waals surface area contributed by atoms with Crippen LogP contribution < -0.4 is 5.32 Å². The van der Waals surface area contributed by atoms with Gasteiger partial charge in [0.25, 0.3) is 0 Å². The molecule has 2 N–H and O–H groups in total. The van der Waals surface area contributed by atoms with Crippen LogP contribution in [0.25, 0.3) is 0 Å². The summed E-state index contributed by atoms with van der Waals surface area (Å²) < 4.78 is 0. The number of carboxylic acids is 1. The molecule has 1 aromatic carbocycles. The first-order valence-corrected chi connectivity index (χ1v) is 6.17. The van der Waals surface area contributed by atoms with E-state index in [0.717, 1.165) is 16.8 Å². The van der Waals surface area contributed by atoms with Gasteiger partial charge in [0.1, 0.15) is 0 Å². The van der Waals surface area contributed by atoms with Crippen molar-refractivity contribution in [1.29, 1.82) is 0 Å². The van der Waals surface area contributed by atoms with Crippen LogP contribution >= 0.6 is 11.6 Å². The second-order valence-electron chi connectivity index (χ2n) is 4.54. The van der Waals surface area contributed by atoms with Crippen LogP contribution in [0.4, 0.5) is 5.69 Å². The highest BCUT2D eigenvalue weighted by Crippen LogP contribution is 2.35. The van der Waals surface area contributed by atoms with Gasteiger partial charge < -0.3 is 10.4 Å². The van der Waals surface area contributed by atoms with Crippen molar-refractivity contribution in [2.75, 3.05) is 5.32 Å². The van der Waals surface area contributed by atoms with Crippen LogP contribution in [0.5, 0.6) is 0 Å². The maximum Gasteiger partial charge on any atom is 0.303 e. The fraction of sp³-hybridized carbons (Fsp3) is 0.385. The van der Waals surface area contributed by atoms with Gasteiger partial charge in [-0.25, -0.2) is 0 Å². The van der Waals surface area contributed by atoms with E-state index in [0.29, 0.717) is 17.9 Å². The number of aliphatic carboxylic acids is 1. The number of anilines is 1. The first-order chi connectivity index (χ1) is 8.49. The average molecular weight is 268 g/mol. The zero-order chi connectivity index (χ0) is 13.3. The summed E-state index contributed by atoms with van der Waals surface area (Å²) in [5, 5.41) is 12.1. The number of aryl methyl sites for hydroxylation is 1. The molecule has 1 aromatic rings. The van der Waals surface area contributed by atoms with E-state index >= 15 is 0 Å². The number of hydrogen-bond donors (Lipinski definition) is 2. The molecule has 2 rings (SSSR count). The third-order valence-electron chi connectivity index (χ3n) is 3.24. The molecule has 0 aromatic heterocycles. The van der Waals surface area contributed by atoms with Crippen molar-refractivity contribution in [2.45, 2.75) is 26.2 Å². The number of nitrogens with one attached hydrogen (secondary N) is 1. The van der Waals surface area contributed by atoms with Crippen molar-refractivity contribution < 1.29 is 14.7 Å². The summed E-state index contributed by atoms with van der Waals surface area (Å²) in [5.74, 6) is -1.31. The van der Waals surface area contributed by atoms with Gasteiger partial charge in [0.05, 0.1) is 0 Å². The van der Waals surface area contributed by atoms with Gasteiger partial charge in [-0.2, -0.15) is 0 Å². The van der Waals surface area contributed by atoms with Crippen molar-refractivity contribution >= 4 is 29.2 Å². The summed E-state index contributed by atoms with van der Waals surface area (Å²) in [6, 6.07) is 3.67. The van der Waals surface area contributed by atoms with Gasteiger partial charge >= 0.3 is 5.97 Å². The Kier molecular flexibility index (Phi) is 3.57. The Balaban J connectivity index is 2.24. The van der Waals surface area contributed by atoms with Crippen LogP contribution in [-0.4, -0.2) is 17.0 Å². The van der Waals surface area contributed by atoms with Crippen molar-refractivity contribution in [3.8, 4) is 0 Å². The minimum absolute atomic E-state index is 0.00312. The summed E-state index contributed by atoms with van der Waals surface area (Å²) in [4.78, 5) is 22.4. The van der Waals surface area contributed by atoms with Gasteiger partial charge in [0.15, 0.2) is 0 Å². The molecular weight excluding hydrogens is 254 g/mol. The standard InChI is InChI=1S/C13H14ClNO3/c1-7-2-4-10(14)9-6-8(3-5-11(16)17)13(18)15-12(7)9/h2,4,8H,3,5-6H2,1H3,(H,15,18)(H,16,17). The molecular formula is C13H14ClNO3. The summed E-state index contributed by atoms with van der Waals surface area (Å²) in [6.45, 7) is 1.91. The van der Waals surface area contributed by atoms with E-state index in [9.17, 15) is 9.59 Å². The lowest BCUT2D eigenvalue weighted by atomic mass is 9.88. The Bertz CT molecular complexity index is 513. The number of hydrogen-bond acceptors (Lipinski definition) is 2. The molecule has 1 atom stereocenters. The lowest BCUT2D eigenvalue weighted by Gasteiger charge is -2.26. The van der Waals surface area contributed by atoms with Gasteiger partial charge in [0.2, 0.25) is 5.91 Å². The minimum atomic E-state index is -0.885. The number of fused-ring (bicyclic) bond motifs is 1. The molecule has 96 valence electrons. The number of rotatable bonds is 3. The molecule has 0 spiro atoms. The van der Waals surface area contributed by atoms with Crippen molar-refractivity contribution in [3.05, 3.63) is 28.3 Å². The van der Waals surface area contributed by atoms with Gasteiger partial charge in [0, 0.05) is 23.0 Å². The molecule has 1 aliphatic heterocycles. The highest BCUT2D eigenvalue weighted by Gasteiger charge is 2.28. The van der Waals surface area contributed by atoms with Gasteiger partial charge in [-0.05, 0) is 37.0 Å². The Morgan fingerprint density at radius 2 is 2.28 bits per heavy atom. The lowest BCUT2D eigenvalue weighted by molar-refractivity contribution is -0.137. The molecule has 0 fully saturated rings. The predicted molar refractivity (Wildman–Crippen MR) is 68.9 cm³/mol. The van der Waals surface area contributed by atoms with Crippen LogP contribution in [-0.2, 0) is 16.0 Å². The van der Waals surface area contributed by atoms with Crippen LogP contribution in [0.1, 0.15) is 24.0 Å². The number of halogens is 1. The molecule has 1 heterocycles. The van der Waals surface area contributed by atoms with E-state index in [-0.39, 0.29) is 18.2 Å². The second-order valence-corrected chi connectivity index (χ2v) is 4.95. The topological polar surface area (TPSA) is 66.4 Å². The van der Waals surface area contributed by atoms with Crippen LogP contribution in [0.3, 0.4) is 0 Å². The quantitative estimate of drug-likeness (QED) is 0.885. The zero-order valence-corrected chi connectivity index (χ0v) is 10.8. The minimum Gasteiger partial charge on any atom is -0.481 e. The molecule has 1 unspecified atom stereocenters. The van der Waals surface area contributed by atoms with E-state index in [1.54, 1.807) is 6.07 Å². The van der Waals surface area contributed by atoms with E-state index in [1.165, 1.54) is 0 Å². The molecule has 0 bridgehead atoms. The summed E-state index contributed by atoms with van der Waals surface area (Å²) >= 11 is 6.12. The van der Waals surface area contributed by atoms with Crippen molar-refractivity contribution in [2.24, 2.45) is 5.92 Å². The Hall–Kier alpha value is -1.55. The molecule has 0 aliphatic carbocycles. The summed E-state index contributed by atoms with van der Waals surface area (Å²) in [5.41, 5.74) is 2.66. The summed E-state index contributed by atoms with van der Waals surface area (Å²) in [7, 11) is 0. The highest BCUT2D eigenvalue weighted by atomic mass is 35.5. The van der Waals surface area contributed by atoms with Gasteiger partial charge in [-0.3, -0.25) is 9.59 Å².